The van der Waals surface area contributed by atoms with Gasteiger partial charge in [-0.25, -0.2) is 0 Å². The summed E-state index contributed by atoms with van der Waals surface area (Å²) in [4.78, 5) is 0. The first-order valence-electron chi connectivity index (χ1n) is 11.0. The molecule has 0 aromatic rings. The molecule has 0 N–H and O–H groups in total. The Morgan fingerprint density at radius 3 is 1.35 bits per heavy atom. The largest absolute Gasteiger partial charge is 0.319 e. The highest BCUT2D eigenvalue weighted by Gasteiger charge is 2.46. The van der Waals surface area contributed by atoms with Gasteiger partial charge in [0.2, 0.25) is 0 Å². The molecular weight excluding hydrogens is 278 g/mol. The van der Waals surface area contributed by atoms with Crippen molar-refractivity contribution >= 4 is 0 Å². The van der Waals surface area contributed by atoms with Gasteiger partial charge in [0.1, 0.15) is 0 Å². The lowest BCUT2D eigenvalue weighted by Crippen LogP contribution is -2.64. The fraction of sp³-hybridized carbons (Fsp3) is 1.00. The van der Waals surface area contributed by atoms with Gasteiger partial charge >= 0.3 is 0 Å². The molecule has 0 aliphatic rings. The molecule has 0 rings (SSSR count). The minimum Gasteiger partial charge on any atom is -0.319 e. The van der Waals surface area contributed by atoms with E-state index < -0.39 is 0 Å². The van der Waals surface area contributed by atoms with Crippen LogP contribution in [0.2, 0.25) is 0 Å². The highest BCUT2D eigenvalue weighted by molar-refractivity contribution is 4.83. The Hall–Kier alpha value is -0.0400. The van der Waals surface area contributed by atoms with E-state index >= 15 is 0 Å². The van der Waals surface area contributed by atoms with Crippen LogP contribution in [-0.4, -0.2) is 29.7 Å². The average Bonchev–Trinajstić information content (AvgIpc) is 2.59. The van der Waals surface area contributed by atoms with Gasteiger partial charge in [0.15, 0.2) is 0 Å². The molecule has 0 radical (unpaired) electrons. The van der Waals surface area contributed by atoms with Crippen LogP contribution in [-0.2, 0) is 0 Å². The molecule has 0 saturated heterocycles. The summed E-state index contributed by atoms with van der Waals surface area (Å²) in [6, 6.07) is 0. The first-order chi connectivity index (χ1) is 11.1. The molecule has 0 spiro atoms. The van der Waals surface area contributed by atoms with Crippen LogP contribution in [0.4, 0.5) is 0 Å². The van der Waals surface area contributed by atoms with E-state index in [-0.39, 0.29) is 0 Å². The molecule has 0 aromatic heterocycles. The molecule has 0 aliphatic carbocycles. The Balaban J connectivity index is 5.53. The van der Waals surface area contributed by atoms with Crippen molar-refractivity contribution in [3.8, 4) is 0 Å². The van der Waals surface area contributed by atoms with Gasteiger partial charge in [-0.15, -0.1) is 0 Å². The summed E-state index contributed by atoms with van der Waals surface area (Å²) in [7, 11) is 0. The lowest BCUT2D eigenvalue weighted by Gasteiger charge is -2.54. The van der Waals surface area contributed by atoms with E-state index in [1.165, 1.54) is 101 Å². The molecule has 0 amide bonds. The Labute approximate surface area is 148 Å². The predicted octanol–water partition coefficient (Wildman–Crippen LogP) is 7.34. The quantitative estimate of drug-likeness (QED) is 0.205. The zero-order chi connectivity index (χ0) is 17.6. The standard InChI is InChI=1S/C22H48N/c1-7-13-17-20-22(18-14-8-2,19-15-9-3)23(11-5,12-6)21-16-10-4/h7-21H2,1-6H3/q+1. The summed E-state index contributed by atoms with van der Waals surface area (Å²) in [5.41, 5.74) is 0.555. The maximum atomic E-state index is 2.46. The topological polar surface area (TPSA) is 0 Å². The van der Waals surface area contributed by atoms with Crippen LogP contribution in [0.5, 0.6) is 0 Å². The van der Waals surface area contributed by atoms with E-state index in [1.54, 1.807) is 0 Å². The van der Waals surface area contributed by atoms with E-state index in [1.807, 2.05) is 0 Å². The molecule has 0 atom stereocenters. The first kappa shape index (κ1) is 23.0. The molecule has 0 heterocycles. The maximum absolute atomic E-state index is 2.46. The van der Waals surface area contributed by atoms with Crippen LogP contribution < -0.4 is 0 Å². The summed E-state index contributed by atoms with van der Waals surface area (Å²) in [6.45, 7) is 18.4. The predicted molar refractivity (Wildman–Crippen MR) is 107 cm³/mol. The van der Waals surface area contributed by atoms with Gasteiger partial charge in [-0.2, -0.15) is 0 Å². The van der Waals surface area contributed by atoms with Crippen LogP contribution in [0.3, 0.4) is 0 Å². The fourth-order valence-electron chi connectivity index (χ4n) is 4.71. The van der Waals surface area contributed by atoms with E-state index in [2.05, 4.69) is 41.5 Å². The number of rotatable bonds is 16. The van der Waals surface area contributed by atoms with Gasteiger partial charge in [0.25, 0.3) is 0 Å². The highest BCUT2D eigenvalue weighted by Crippen LogP contribution is 2.40. The zero-order valence-electron chi connectivity index (χ0n) is 17.6. The van der Waals surface area contributed by atoms with Crippen LogP contribution in [0.1, 0.15) is 119 Å². The molecule has 0 bridgehead atoms. The molecule has 0 fully saturated rings. The lowest BCUT2D eigenvalue weighted by molar-refractivity contribution is -0.975. The van der Waals surface area contributed by atoms with Crippen molar-refractivity contribution in [1.82, 2.24) is 0 Å². The number of unbranched alkanes of at least 4 members (excludes halogenated alkanes) is 5. The van der Waals surface area contributed by atoms with Gasteiger partial charge < -0.3 is 4.48 Å². The summed E-state index contributed by atoms with van der Waals surface area (Å²) in [6.07, 6.45) is 16.9. The van der Waals surface area contributed by atoms with Gasteiger partial charge in [0.05, 0.1) is 25.2 Å². The highest BCUT2D eigenvalue weighted by atomic mass is 15.4. The van der Waals surface area contributed by atoms with Gasteiger partial charge in [0, 0.05) is 19.3 Å². The third-order valence-electron chi connectivity index (χ3n) is 6.39. The number of nitrogens with zero attached hydrogens (tertiary/aromatic N) is 1. The first-order valence-corrected chi connectivity index (χ1v) is 11.0. The maximum Gasteiger partial charge on any atom is 0.0992 e. The van der Waals surface area contributed by atoms with Gasteiger partial charge in [-0.3, -0.25) is 0 Å². The number of quaternary nitrogens is 1. The van der Waals surface area contributed by atoms with Crippen molar-refractivity contribution in [1.29, 1.82) is 0 Å². The second kappa shape index (κ2) is 13.3. The van der Waals surface area contributed by atoms with E-state index in [0.29, 0.717) is 5.54 Å². The van der Waals surface area contributed by atoms with Gasteiger partial charge in [-0.1, -0.05) is 59.8 Å². The molecule has 0 aromatic carbocycles. The summed E-state index contributed by atoms with van der Waals surface area (Å²) in [5.74, 6) is 0. The Morgan fingerprint density at radius 1 is 0.522 bits per heavy atom. The molecule has 1 nitrogen and oxygen atoms in total. The van der Waals surface area contributed by atoms with Crippen molar-refractivity contribution < 1.29 is 4.48 Å². The van der Waals surface area contributed by atoms with E-state index in [0.717, 1.165) is 0 Å². The summed E-state index contributed by atoms with van der Waals surface area (Å²) >= 11 is 0. The van der Waals surface area contributed by atoms with E-state index in [9.17, 15) is 0 Å². The third-order valence-corrected chi connectivity index (χ3v) is 6.39. The van der Waals surface area contributed by atoms with E-state index in [4.69, 9.17) is 0 Å². The molecule has 23 heavy (non-hydrogen) atoms. The Kier molecular flexibility index (Phi) is 13.3. The second-order valence-corrected chi connectivity index (χ2v) is 7.74. The normalized spacial score (nSPS) is 12.8. The van der Waals surface area contributed by atoms with Gasteiger partial charge in [-0.05, 0) is 39.5 Å². The summed E-state index contributed by atoms with van der Waals surface area (Å²) in [5, 5.41) is 0. The molecule has 0 aliphatic heterocycles. The molecule has 0 saturated carbocycles. The molecule has 140 valence electrons. The summed E-state index contributed by atoms with van der Waals surface area (Å²) < 4.78 is 1.39. The third kappa shape index (κ3) is 6.77. The smallest absolute Gasteiger partial charge is 0.0992 e. The number of hydrogen-bond acceptors (Lipinski definition) is 0. The zero-order valence-corrected chi connectivity index (χ0v) is 17.6. The monoisotopic (exact) mass is 326 g/mol. The van der Waals surface area contributed by atoms with Crippen LogP contribution in [0.25, 0.3) is 0 Å². The van der Waals surface area contributed by atoms with Crippen LogP contribution >= 0.6 is 0 Å². The van der Waals surface area contributed by atoms with Crippen LogP contribution in [0.15, 0.2) is 0 Å². The van der Waals surface area contributed by atoms with Crippen molar-refractivity contribution in [2.24, 2.45) is 0 Å². The Bertz CT molecular complexity index is 247. The Morgan fingerprint density at radius 2 is 0.957 bits per heavy atom. The van der Waals surface area contributed by atoms with Crippen LogP contribution in [0, 0.1) is 0 Å². The molecule has 1 heteroatoms. The van der Waals surface area contributed by atoms with Crippen molar-refractivity contribution in [2.45, 2.75) is 124 Å². The van der Waals surface area contributed by atoms with Crippen molar-refractivity contribution in [3.05, 3.63) is 0 Å². The van der Waals surface area contributed by atoms with Crippen molar-refractivity contribution in [3.63, 3.8) is 0 Å². The second-order valence-electron chi connectivity index (χ2n) is 7.74. The lowest BCUT2D eigenvalue weighted by atomic mass is 9.78. The number of hydrogen-bond donors (Lipinski definition) is 0. The average molecular weight is 327 g/mol. The molecular formula is C22H48N+. The fourth-order valence-corrected chi connectivity index (χ4v) is 4.71. The SMILES string of the molecule is CCCCCC(CCCC)(CCCC)[N+](CC)(CC)CCCC. The molecule has 0 unspecified atom stereocenters. The minimum absolute atomic E-state index is 0.555. The minimum atomic E-state index is 0.555. The van der Waals surface area contributed by atoms with Crippen molar-refractivity contribution in [2.75, 3.05) is 19.6 Å².